The lowest BCUT2D eigenvalue weighted by Gasteiger charge is -2.12. The quantitative estimate of drug-likeness (QED) is 0.727. The van der Waals surface area contributed by atoms with E-state index in [1.807, 2.05) is 0 Å². The molecule has 0 aromatic rings. The van der Waals surface area contributed by atoms with E-state index >= 15 is 0 Å². The van der Waals surface area contributed by atoms with E-state index in [4.69, 9.17) is 5.11 Å². The number of hydrogen-bond donors (Lipinski definition) is 1. The zero-order chi connectivity index (χ0) is 7.56. The van der Waals surface area contributed by atoms with Gasteiger partial charge in [0.25, 0.3) is 0 Å². The monoisotopic (exact) mass is 205 g/mol. The van der Waals surface area contributed by atoms with E-state index in [1.54, 1.807) is 0 Å². The van der Waals surface area contributed by atoms with Crippen LogP contribution in [-0.2, 0) is 0 Å². The van der Waals surface area contributed by atoms with Crippen molar-refractivity contribution in [2.45, 2.75) is 12.5 Å². The van der Waals surface area contributed by atoms with Crippen molar-refractivity contribution in [3.8, 4) is 0 Å². The third kappa shape index (κ3) is 2.40. The Morgan fingerprint density at radius 2 is 2.50 bits per heavy atom. The molecule has 1 saturated heterocycles. The predicted octanol–water partition coefficient (Wildman–Crippen LogP) is 0.962. The van der Waals surface area contributed by atoms with Crippen LogP contribution < -0.4 is 0 Å². The average molecular weight is 206 g/mol. The Kier molecular flexibility index (Phi) is 2.89. The second kappa shape index (κ2) is 3.51. The summed E-state index contributed by atoms with van der Waals surface area (Å²) >= 11 is 3.29. The lowest BCUT2D eigenvalue weighted by Crippen LogP contribution is -2.22. The summed E-state index contributed by atoms with van der Waals surface area (Å²) in [5.74, 6) is 0. The zero-order valence-corrected chi connectivity index (χ0v) is 7.47. The molecular formula is C7H12BrNO. The predicted molar refractivity (Wildman–Crippen MR) is 45.1 cm³/mol. The second-order valence-electron chi connectivity index (χ2n) is 2.69. The number of rotatable bonds is 2. The van der Waals surface area contributed by atoms with Crippen molar-refractivity contribution in [3.05, 3.63) is 11.1 Å². The van der Waals surface area contributed by atoms with Gasteiger partial charge >= 0.3 is 0 Å². The molecule has 1 unspecified atom stereocenters. The second-order valence-corrected chi connectivity index (χ2v) is 3.82. The summed E-state index contributed by atoms with van der Waals surface area (Å²) in [7, 11) is 0. The number of β-amino-alcohol motifs (C(OH)–C–C–N with tert-alkyl or cyclic N) is 1. The summed E-state index contributed by atoms with van der Waals surface area (Å²) in [5, 5.41) is 9.13. The van der Waals surface area contributed by atoms with Gasteiger partial charge in [0.05, 0.1) is 6.10 Å². The summed E-state index contributed by atoms with van der Waals surface area (Å²) in [6.45, 7) is 6.38. The summed E-state index contributed by atoms with van der Waals surface area (Å²) in [5.41, 5.74) is 0. The number of hydrogen-bond acceptors (Lipinski definition) is 2. The first kappa shape index (κ1) is 8.24. The molecule has 0 aliphatic carbocycles. The molecule has 1 rings (SSSR count). The molecule has 1 N–H and O–H groups in total. The van der Waals surface area contributed by atoms with Crippen molar-refractivity contribution < 1.29 is 5.11 Å². The van der Waals surface area contributed by atoms with Gasteiger partial charge in [0, 0.05) is 24.1 Å². The van der Waals surface area contributed by atoms with Gasteiger partial charge in [0.15, 0.2) is 0 Å². The first-order valence-corrected chi connectivity index (χ1v) is 4.21. The molecule has 58 valence electrons. The third-order valence-corrected chi connectivity index (χ3v) is 1.89. The summed E-state index contributed by atoms with van der Waals surface area (Å²) in [6.07, 6.45) is 0.784. The van der Waals surface area contributed by atoms with Gasteiger partial charge in [0.2, 0.25) is 0 Å². The molecular weight excluding hydrogens is 194 g/mol. The minimum Gasteiger partial charge on any atom is -0.392 e. The average Bonchev–Trinajstić information content (AvgIpc) is 2.13. The van der Waals surface area contributed by atoms with Gasteiger partial charge in [-0.3, -0.25) is 4.90 Å². The molecule has 0 radical (unpaired) electrons. The maximum absolute atomic E-state index is 9.13. The Morgan fingerprint density at radius 3 is 2.90 bits per heavy atom. The van der Waals surface area contributed by atoms with Crippen LogP contribution in [0.4, 0.5) is 0 Å². The van der Waals surface area contributed by atoms with E-state index in [1.165, 1.54) is 0 Å². The van der Waals surface area contributed by atoms with E-state index in [9.17, 15) is 0 Å². The lowest BCUT2D eigenvalue weighted by molar-refractivity contribution is 0.179. The highest BCUT2D eigenvalue weighted by Crippen LogP contribution is 2.12. The van der Waals surface area contributed by atoms with Crippen LogP contribution in [0.15, 0.2) is 11.1 Å². The summed E-state index contributed by atoms with van der Waals surface area (Å²) in [6, 6.07) is 0. The fourth-order valence-corrected chi connectivity index (χ4v) is 1.55. The van der Waals surface area contributed by atoms with E-state index in [0.29, 0.717) is 0 Å². The molecule has 1 fully saturated rings. The fraction of sp³-hybridized carbons (Fsp3) is 0.714. The minimum absolute atomic E-state index is 0.119. The SMILES string of the molecule is C=C(Br)CN1CCC(O)C1. The van der Waals surface area contributed by atoms with E-state index < -0.39 is 0 Å². The largest absolute Gasteiger partial charge is 0.392 e. The van der Waals surface area contributed by atoms with Gasteiger partial charge in [-0.25, -0.2) is 0 Å². The van der Waals surface area contributed by atoms with Crippen molar-refractivity contribution in [3.63, 3.8) is 0 Å². The number of nitrogens with zero attached hydrogens (tertiary/aromatic N) is 1. The van der Waals surface area contributed by atoms with E-state index in [2.05, 4.69) is 27.4 Å². The molecule has 0 bridgehead atoms. The molecule has 0 saturated carbocycles. The van der Waals surface area contributed by atoms with Gasteiger partial charge in [-0.1, -0.05) is 22.5 Å². The van der Waals surface area contributed by atoms with Crippen molar-refractivity contribution in [1.29, 1.82) is 0 Å². The molecule has 1 aliphatic heterocycles. The van der Waals surface area contributed by atoms with Gasteiger partial charge in [-0.2, -0.15) is 0 Å². The Bertz CT molecular complexity index is 138. The fourth-order valence-electron chi connectivity index (χ4n) is 1.20. The summed E-state index contributed by atoms with van der Waals surface area (Å²) in [4.78, 5) is 2.18. The maximum atomic E-state index is 9.13. The van der Waals surface area contributed by atoms with Crippen LogP contribution in [0, 0.1) is 0 Å². The molecule has 1 atom stereocenters. The van der Waals surface area contributed by atoms with E-state index in [-0.39, 0.29) is 6.10 Å². The molecule has 3 heteroatoms. The van der Waals surface area contributed by atoms with Crippen molar-refractivity contribution in [2.24, 2.45) is 0 Å². The topological polar surface area (TPSA) is 23.5 Å². The maximum Gasteiger partial charge on any atom is 0.0679 e. The molecule has 0 aromatic carbocycles. The van der Waals surface area contributed by atoms with Gasteiger partial charge in [-0.05, 0) is 6.42 Å². The van der Waals surface area contributed by atoms with Crippen molar-refractivity contribution >= 4 is 15.9 Å². The Morgan fingerprint density at radius 1 is 1.80 bits per heavy atom. The van der Waals surface area contributed by atoms with Gasteiger partial charge in [-0.15, -0.1) is 0 Å². The molecule has 0 aromatic heterocycles. The molecule has 0 spiro atoms. The van der Waals surface area contributed by atoms with Crippen LogP contribution in [0.1, 0.15) is 6.42 Å². The number of halogens is 1. The third-order valence-electron chi connectivity index (χ3n) is 1.64. The van der Waals surface area contributed by atoms with Crippen molar-refractivity contribution in [1.82, 2.24) is 4.90 Å². The standard InChI is InChI=1S/C7H12BrNO/c1-6(8)4-9-3-2-7(10)5-9/h7,10H,1-5H2. The van der Waals surface area contributed by atoms with Crippen LogP contribution in [0.5, 0.6) is 0 Å². The lowest BCUT2D eigenvalue weighted by atomic mass is 10.3. The van der Waals surface area contributed by atoms with E-state index in [0.717, 1.165) is 30.5 Å². The van der Waals surface area contributed by atoms with Gasteiger partial charge in [0.1, 0.15) is 0 Å². The molecule has 1 aliphatic rings. The van der Waals surface area contributed by atoms with Crippen LogP contribution >= 0.6 is 15.9 Å². The first-order chi connectivity index (χ1) is 4.68. The Labute approximate surface area is 69.7 Å². The highest BCUT2D eigenvalue weighted by Gasteiger charge is 2.19. The van der Waals surface area contributed by atoms with Crippen LogP contribution in [-0.4, -0.2) is 35.7 Å². The number of likely N-dealkylation sites (tertiary alicyclic amines) is 1. The number of aliphatic hydroxyl groups excluding tert-OH is 1. The highest BCUT2D eigenvalue weighted by atomic mass is 79.9. The normalized spacial score (nSPS) is 27.2. The zero-order valence-electron chi connectivity index (χ0n) is 5.89. The Balaban J connectivity index is 2.24. The smallest absolute Gasteiger partial charge is 0.0679 e. The molecule has 0 amide bonds. The van der Waals surface area contributed by atoms with Crippen LogP contribution in [0.3, 0.4) is 0 Å². The first-order valence-electron chi connectivity index (χ1n) is 3.42. The Hall–Kier alpha value is 0.140. The van der Waals surface area contributed by atoms with Crippen LogP contribution in [0.2, 0.25) is 0 Å². The summed E-state index contributed by atoms with van der Waals surface area (Å²) < 4.78 is 0.988. The minimum atomic E-state index is -0.119. The number of aliphatic hydroxyl groups is 1. The molecule has 10 heavy (non-hydrogen) atoms. The molecule has 1 heterocycles. The highest BCUT2D eigenvalue weighted by molar-refractivity contribution is 9.11. The van der Waals surface area contributed by atoms with Gasteiger partial charge < -0.3 is 5.11 Å². The van der Waals surface area contributed by atoms with Crippen LogP contribution in [0.25, 0.3) is 0 Å². The molecule has 2 nitrogen and oxygen atoms in total. The van der Waals surface area contributed by atoms with Crippen molar-refractivity contribution in [2.75, 3.05) is 19.6 Å².